The lowest BCUT2D eigenvalue weighted by Crippen LogP contribution is -2.21. The molecule has 0 fully saturated rings. The van der Waals surface area contributed by atoms with Crippen LogP contribution in [-0.2, 0) is 4.79 Å². The van der Waals surface area contributed by atoms with Crippen LogP contribution in [0.25, 0.3) is 6.08 Å². The van der Waals surface area contributed by atoms with Crippen molar-refractivity contribution >= 4 is 17.8 Å². The predicted molar refractivity (Wildman–Crippen MR) is 117 cm³/mol. The van der Waals surface area contributed by atoms with Gasteiger partial charge in [-0.1, -0.05) is 30.3 Å². The van der Waals surface area contributed by atoms with Crippen molar-refractivity contribution in [1.29, 1.82) is 0 Å². The van der Waals surface area contributed by atoms with Crippen molar-refractivity contribution in [2.45, 2.75) is 12.3 Å². The molecule has 0 aliphatic carbocycles. The van der Waals surface area contributed by atoms with Gasteiger partial charge in [0.2, 0.25) is 18.3 Å². The van der Waals surface area contributed by atoms with Crippen LogP contribution in [0.15, 0.2) is 60.4 Å². The Balaban J connectivity index is 1.48. The van der Waals surface area contributed by atoms with Gasteiger partial charge in [0, 0.05) is 11.5 Å². The number of allylic oxidation sites excluding steroid dienone is 1. The molecule has 164 valence electrons. The molecule has 0 N–H and O–H groups in total. The van der Waals surface area contributed by atoms with Crippen molar-refractivity contribution in [2.75, 3.05) is 13.9 Å². The largest absolute Gasteiger partial charge is 0.493 e. The molecule has 0 saturated heterocycles. The molecular formula is C26H18O7. The second-order valence-corrected chi connectivity index (χ2v) is 7.89. The standard InChI is InChI=1S/C26H18O7/c1-29-20-10-15(11-21-26(20)31-13-30-21)17-12-22(27)32-18-8-7-16-24(28)19(33-25(16)23(17)18)9-14-5-3-2-4-6-14/h2-11,17H,12-13H2,1H3/b19-9+. The summed E-state index contributed by atoms with van der Waals surface area (Å²) in [5.41, 5.74) is 2.72. The van der Waals surface area contributed by atoms with Gasteiger partial charge in [-0.05, 0) is 41.5 Å². The van der Waals surface area contributed by atoms with Gasteiger partial charge in [-0.2, -0.15) is 0 Å². The molecule has 0 bridgehead atoms. The van der Waals surface area contributed by atoms with E-state index in [0.717, 1.165) is 11.1 Å². The molecule has 0 amide bonds. The molecule has 7 heteroatoms. The number of esters is 1. The van der Waals surface area contributed by atoms with Gasteiger partial charge in [-0.15, -0.1) is 0 Å². The van der Waals surface area contributed by atoms with Gasteiger partial charge in [-0.25, -0.2) is 0 Å². The minimum atomic E-state index is -0.413. The van der Waals surface area contributed by atoms with Gasteiger partial charge in [0.05, 0.1) is 19.1 Å². The fraction of sp³-hybridized carbons (Fsp3) is 0.154. The average molecular weight is 442 g/mol. The number of fused-ring (bicyclic) bond motifs is 4. The highest BCUT2D eigenvalue weighted by Crippen LogP contribution is 2.51. The van der Waals surface area contributed by atoms with Gasteiger partial charge in [0.1, 0.15) is 11.5 Å². The summed E-state index contributed by atoms with van der Waals surface area (Å²) in [6.45, 7) is 0.0963. The maximum absolute atomic E-state index is 13.1. The summed E-state index contributed by atoms with van der Waals surface area (Å²) in [7, 11) is 1.55. The Bertz CT molecular complexity index is 1340. The molecule has 0 aromatic heterocycles. The summed E-state index contributed by atoms with van der Waals surface area (Å²) in [4.78, 5) is 25.5. The average Bonchev–Trinajstić information content (AvgIpc) is 3.43. The first-order chi connectivity index (χ1) is 16.1. The third kappa shape index (κ3) is 3.12. The van der Waals surface area contributed by atoms with Crippen molar-refractivity contribution in [2.24, 2.45) is 0 Å². The molecule has 3 aliphatic heterocycles. The second kappa shape index (κ2) is 7.41. The quantitative estimate of drug-likeness (QED) is 0.336. The summed E-state index contributed by atoms with van der Waals surface area (Å²) >= 11 is 0. The molecule has 3 aromatic carbocycles. The molecule has 7 nitrogen and oxygen atoms in total. The molecule has 3 heterocycles. The zero-order valence-corrected chi connectivity index (χ0v) is 17.6. The zero-order chi connectivity index (χ0) is 22.5. The molecular weight excluding hydrogens is 424 g/mol. The van der Waals surface area contributed by atoms with E-state index in [9.17, 15) is 9.59 Å². The molecule has 0 radical (unpaired) electrons. The Morgan fingerprint density at radius 3 is 2.61 bits per heavy atom. The highest BCUT2D eigenvalue weighted by atomic mass is 16.7. The summed E-state index contributed by atoms with van der Waals surface area (Å²) in [5.74, 6) is 1.59. The van der Waals surface area contributed by atoms with E-state index in [0.29, 0.717) is 39.9 Å². The highest BCUT2D eigenvalue weighted by molar-refractivity contribution is 6.15. The van der Waals surface area contributed by atoms with E-state index in [4.69, 9.17) is 23.7 Å². The lowest BCUT2D eigenvalue weighted by Gasteiger charge is -2.26. The number of carbonyl (C=O) groups is 2. The number of hydrogen-bond acceptors (Lipinski definition) is 7. The Morgan fingerprint density at radius 1 is 0.939 bits per heavy atom. The Hall–Kier alpha value is -4.26. The number of methoxy groups -OCH3 is 1. The van der Waals surface area contributed by atoms with Crippen LogP contribution < -0.4 is 23.7 Å². The van der Waals surface area contributed by atoms with Crippen LogP contribution in [0.3, 0.4) is 0 Å². The number of Topliss-reactive ketones (excluding diaryl/α,β-unsaturated/α-hetero) is 1. The number of ketones is 1. The molecule has 3 aliphatic rings. The Kier molecular flexibility index (Phi) is 4.36. The Morgan fingerprint density at radius 2 is 1.79 bits per heavy atom. The highest BCUT2D eigenvalue weighted by Gasteiger charge is 2.39. The van der Waals surface area contributed by atoms with Gasteiger partial charge in [-0.3, -0.25) is 9.59 Å². The lowest BCUT2D eigenvalue weighted by atomic mass is 9.84. The van der Waals surface area contributed by atoms with Gasteiger partial charge < -0.3 is 23.7 Å². The smallest absolute Gasteiger partial charge is 0.312 e. The minimum absolute atomic E-state index is 0.0849. The molecule has 33 heavy (non-hydrogen) atoms. The summed E-state index contributed by atoms with van der Waals surface area (Å²) in [6.07, 6.45) is 1.80. The van der Waals surface area contributed by atoms with Crippen molar-refractivity contribution < 1.29 is 33.3 Å². The van der Waals surface area contributed by atoms with E-state index in [1.54, 1.807) is 25.3 Å². The van der Waals surface area contributed by atoms with Crippen LogP contribution in [0.4, 0.5) is 0 Å². The molecule has 6 rings (SSSR count). The SMILES string of the molecule is COc1cc(C2CC(=O)Oc3ccc4c(c32)O/C(=C/c2ccccc2)C4=O)cc2c1OCO2. The normalized spacial score (nSPS) is 19.1. The van der Waals surface area contributed by atoms with E-state index >= 15 is 0 Å². The van der Waals surface area contributed by atoms with E-state index < -0.39 is 5.92 Å². The Labute approximate surface area is 189 Å². The minimum Gasteiger partial charge on any atom is -0.493 e. The van der Waals surface area contributed by atoms with Crippen LogP contribution >= 0.6 is 0 Å². The topological polar surface area (TPSA) is 80.3 Å². The first-order valence-electron chi connectivity index (χ1n) is 10.5. The van der Waals surface area contributed by atoms with Crippen molar-refractivity contribution in [3.8, 4) is 28.7 Å². The number of rotatable bonds is 3. The zero-order valence-electron chi connectivity index (χ0n) is 17.6. The van der Waals surface area contributed by atoms with E-state index in [1.807, 2.05) is 42.5 Å². The summed E-state index contributed by atoms with van der Waals surface area (Å²) in [6, 6.07) is 16.4. The molecule has 0 saturated carbocycles. The fourth-order valence-corrected chi connectivity index (χ4v) is 4.44. The molecule has 3 aromatic rings. The van der Waals surface area contributed by atoms with Gasteiger partial charge >= 0.3 is 5.97 Å². The van der Waals surface area contributed by atoms with Crippen LogP contribution in [0.2, 0.25) is 0 Å². The van der Waals surface area contributed by atoms with E-state index in [1.165, 1.54) is 0 Å². The second-order valence-electron chi connectivity index (χ2n) is 7.89. The third-order valence-electron chi connectivity index (χ3n) is 5.96. The summed E-state index contributed by atoms with van der Waals surface area (Å²) in [5, 5.41) is 0. The monoisotopic (exact) mass is 442 g/mol. The van der Waals surface area contributed by atoms with Crippen LogP contribution in [0.1, 0.15) is 39.4 Å². The van der Waals surface area contributed by atoms with Gasteiger partial charge in [0.15, 0.2) is 17.3 Å². The number of hydrogen-bond donors (Lipinski definition) is 0. The van der Waals surface area contributed by atoms with Gasteiger partial charge in [0.25, 0.3) is 0 Å². The first-order valence-corrected chi connectivity index (χ1v) is 10.5. The molecule has 1 unspecified atom stereocenters. The van der Waals surface area contributed by atoms with E-state index in [-0.39, 0.29) is 30.7 Å². The van der Waals surface area contributed by atoms with Crippen LogP contribution in [0, 0.1) is 0 Å². The van der Waals surface area contributed by atoms with E-state index in [2.05, 4.69) is 0 Å². The predicted octanol–water partition coefficient (Wildman–Crippen LogP) is 4.48. The molecule has 1 atom stereocenters. The first kappa shape index (κ1) is 19.4. The maximum Gasteiger partial charge on any atom is 0.312 e. The van der Waals surface area contributed by atoms with Crippen LogP contribution in [0.5, 0.6) is 28.7 Å². The lowest BCUT2D eigenvalue weighted by molar-refractivity contribution is -0.135. The number of benzene rings is 3. The fourth-order valence-electron chi connectivity index (χ4n) is 4.44. The number of ether oxygens (including phenoxy) is 5. The van der Waals surface area contributed by atoms with Crippen molar-refractivity contribution in [3.63, 3.8) is 0 Å². The van der Waals surface area contributed by atoms with Crippen molar-refractivity contribution in [1.82, 2.24) is 0 Å². The summed E-state index contributed by atoms with van der Waals surface area (Å²) < 4.78 is 28.1. The maximum atomic E-state index is 13.1. The molecule has 0 spiro atoms. The van der Waals surface area contributed by atoms with Crippen LogP contribution in [-0.4, -0.2) is 25.7 Å². The van der Waals surface area contributed by atoms with Crippen molar-refractivity contribution in [3.05, 3.63) is 82.6 Å². The third-order valence-corrected chi connectivity index (χ3v) is 5.96. The number of carbonyl (C=O) groups excluding carboxylic acids is 2.